The topological polar surface area (TPSA) is 50.6 Å². The first-order chi connectivity index (χ1) is 17.3. The Balaban J connectivity index is 1.52. The van der Waals surface area contributed by atoms with E-state index in [1.807, 2.05) is 65.7 Å². The molecule has 1 aromatic heterocycles. The molecule has 0 saturated heterocycles. The fourth-order valence-electron chi connectivity index (χ4n) is 4.59. The van der Waals surface area contributed by atoms with Crippen molar-refractivity contribution in [2.45, 2.75) is 12.5 Å². The highest BCUT2D eigenvalue weighted by Gasteiger charge is 2.32. The van der Waals surface area contributed by atoms with Crippen molar-refractivity contribution in [2.24, 2.45) is 5.10 Å². The van der Waals surface area contributed by atoms with Crippen molar-refractivity contribution >= 4 is 22.6 Å². The van der Waals surface area contributed by atoms with E-state index in [4.69, 9.17) is 19.8 Å². The zero-order valence-corrected chi connectivity index (χ0v) is 19.4. The third kappa shape index (κ3) is 4.02. The summed E-state index contributed by atoms with van der Waals surface area (Å²) in [5.74, 6) is 1.41. The zero-order valence-electron chi connectivity index (χ0n) is 19.4. The Kier molecular flexibility index (Phi) is 5.43. The minimum atomic E-state index is -0.0119. The number of anilines is 1. The van der Waals surface area contributed by atoms with Crippen LogP contribution in [0, 0.1) is 0 Å². The second-order valence-electron chi connectivity index (χ2n) is 8.51. The second-order valence-corrected chi connectivity index (χ2v) is 8.51. The van der Waals surface area contributed by atoms with Gasteiger partial charge in [-0.15, -0.1) is 0 Å². The summed E-state index contributed by atoms with van der Waals surface area (Å²) >= 11 is 0. The summed E-state index contributed by atoms with van der Waals surface area (Å²) < 4.78 is 5.46. The van der Waals surface area contributed by atoms with E-state index in [0.717, 1.165) is 45.6 Å². The van der Waals surface area contributed by atoms with E-state index in [1.54, 1.807) is 7.11 Å². The number of methoxy groups -OCH3 is 1. The Labute approximate surface area is 204 Å². The summed E-state index contributed by atoms with van der Waals surface area (Å²) in [7, 11) is 1.68. The van der Waals surface area contributed by atoms with Crippen LogP contribution < -0.4 is 9.75 Å². The van der Waals surface area contributed by atoms with Crippen LogP contribution in [-0.4, -0.2) is 22.8 Å². The Morgan fingerprint density at radius 2 is 1.46 bits per heavy atom. The van der Waals surface area contributed by atoms with Crippen LogP contribution in [0.2, 0.25) is 0 Å². The van der Waals surface area contributed by atoms with Gasteiger partial charge >= 0.3 is 0 Å². The minimum Gasteiger partial charge on any atom is -0.497 e. The molecule has 0 fully saturated rings. The maximum atomic E-state index is 5.46. The number of hydrogen-bond donors (Lipinski definition) is 0. The number of fused-ring (bicyclic) bond motifs is 1. The molecule has 35 heavy (non-hydrogen) atoms. The minimum absolute atomic E-state index is 0.0119. The Morgan fingerprint density at radius 3 is 2.26 bits per heavy atom. The number of aromatic nitrogens is 2. The van der Waals surface area contributed by atoms with Gasteiger partial charge in [0.2, 0.25) is 5.95 Å². The SMILES string of the molecule is COc1cccc(C2=NN(c3nc(-c4ccccc4)c4ccccc4n3)[C@@H](c3ccccc3)C2)c1. The molecule has 1 aliphatic heterocycles. The molecule has 0 aliphatic carbocycles. The smallest absolute Gasteiger partial charge is 0.247 e. The van der Waals surface area contributed by atoms with Crippen LogP contribution >= 0.6 is 0 Å². The molecule has 1 aliphatic rings. The van der Waals surface area contributed by atoms with Crippen molar-refractivity contribution in [2.75, 3.05) is 12.1 Å². The molecular formula is C30H24N4O. The summed E-state index contributed by atoms with van der Waals surface area (Å²) in [6.07, 6.45) is 0.744. The summed E-state index contributed by atoms with van der Waals surface area (Å²) in [5, 5.41) is 8.07. The molecule has 4 aromatic carbocycles. The molecule has 0 spiro atoms. The van der Waals surface area contributed by atoms with Gasteiger partial charge in [-0.1, -0.05) is 91.0 Å². The molecule has 6 rings (SSSR count). The normalized spacial score (nSPS) is 15.3. The van der Waals surface area contributed by atoms with Gasteiger partial charge in [0, 0.05) is 22.9 Å². The maximum Gasteiger partial charge on any atom is 0.247 e. The first-order valence-electron chi connectivity index (χ1n) is 11.7. The number of nitrogens with zero attached hydrogens (tertiary/aromatic N) is 4. The lowest BCUT2D eigenvalue weighted by molar-refractivity contribution is 0.414. The standard InChI is InChI=1S/C30H24N4O/c1-35-24-16-10-15-23(19-24)27-20-28(21-11-4-2-5-12-21)34(33-27)30-31-26-18-9-8-17-25(26)29(32-30)22-13-6-3-7-14-22/h2-19,28H,20H2,1H3/t28-/m1/s1. The van der Waals surface area contributed by atoms with Crippen LogP contribution in [0.15, 0.2) is 114 Å². The largest absolute Gasteiger partial charge is 0.497 e. The van der Waals surface area contributed by atoms with Crippen molar-refractivity contribution in [1.82, 2.24) is 9.97 Å². The predicted molar refractivity (Wildman–Crippen MR) is 141 cm³/mol. The average molecular weight is 457 g/mol. The molecule has 5 aromatic rings. The first kappa shape index (κ1) is 21.1. The lowest BCUT2D eigenvalue weighted by Crippen LogP contribution is -2.21. The third-order valence-electron chi connectivity index (χ3n) is 6.34. The van der Waals surface area contributed by atoms with E-state index in [0.29, 0.717) is 5.95 Å². The number of ether oxygens (including phenoxy) is 1. The predicted octanol–water partition coefficient (Wildman–Crippen LogP) is 6.66. The highest BCUT2D eigenvalue weighted by atomic mass is 16.5. The van der Waals surface area contributed by atoms with E-state index in [-0.39, 0.29) is 6.04 Å². The number of benzene rings is 4. The molecule has 1 atom stereocenters. The van der Waals surface area contributed by atoms with Gasteiger partial charge in [-0.2, -0.15) is 5.10 Å². The lowest BCUT2D eigenvalue weighted by Gasteiger charge is -2.23. The van der Waals surface area contributed by atoms with Gasteiger partial charge < -0.3 is 4.74 Å². The van der Waals surface area contributed by atoms with Gasteiger partial charge in [0.15, 0.2) is 0 Å². The van der Waals surface area contributed by atoms with Crippen LogP contribution in [0.4, 0.5) is 5.95 Å². The van der Waals surface area contributed by atoms with E-state index in [2.05, 4.69) is 48.5 Å². The highest BCUT2D eigenvalue weighted by Crippen LogP contribution is 2.37. The molecule has 0 amide bonds. The van der Waals surface area contributed by atoms with Crippen LogP contribution in [0.5, 0.6) is 5.75 Å². The molecule has 0 radical (unpaired) electrons. The van der Waals surface area contributed by atoms with E-state index in [1.165, 1.54) is 5.56 Å². The van der Waals surface area contributed by atoms with Crippen molar-refractivity contribution < 1.29 is 4.74 Å². The highest BCUT2D eigenvalue weighted by molar-refractivity contribution is 6.03. The first-order valence-corrected chi connectivity index (χ1v) is 11.7. The van der Waals surface area contributed by atoms with Gasteiger partial charge in [-0.25, -0.2) is 15.0 Å². The molecule has 0 N–H and O–H groups in total. The van der Waals surface area contributed by atoms with Crippen molar-refractivity contribution in [3.63, 3.8) is 0 Å². The maximum absolute atomic E-state index is 5.46. The Morgan fingerprint density at radius 1 is 0.743 bits per heavy atom. The van der Waals surface area contributed by atoms with Crippen molar-refractivity contribution in [1.29, 1.82) is 0 Å². The third-order valence-corrected chi connectivity index (χ3v) is 6.34. The van der Waals surface area contributed by atoms with Gasteiger partial charge in [0.1, 0.15) is 5.75 Å². The second kappa shape index (κ2) is 9.03. The molecule has 5 nitrogen and oxygen atoms in total. The Hall–Kier alpha value is -4.51. The summed E-state index contributed by atoms with van der Waals surface area (Å²) in [4.78, 5) is 10.0. The molecule has 0 bridgehead atoms. The lowest BCUT2D eigenvalue weighted by atomic mass is 9.98. The average Bonchev–Trinajstić information content (AvgIpc) is 3.39. The van der Waals surface area contributed by atoms with Crippen LogP contribution in [-0.2, 0) is 0 Å². The molecular weight excluding hydrogens is 432 g/mol. The van der Waals surface area contributed by atoms with E-state index < -0.39 is 0 Å². The zero-order chi connectivity index (χ0) is 23.6. The molecule has 170 valence electrons. The summed E-state index contributed by atoms with van der Waals surface area (Å²) in [6, 6.07) is 36.9. The molecule has 5 heteroatoms. The number of hydrazone groups is 1. The van der Waals surface area contributed by atoms with Gasteiger partial charge in [0.05, 0.1) is 30.1 Å². The number of para-hydroxylation sites is 1. The summed E-state index contributed by atoms with van der Waals surface area (Å²) in [5.41, 5.74) is 6.05. The van der Waals surface area contributed by atoms with E-state index in [9.17, 15) is 0 Å². The van der Waals surface area contributed by atoms with E-state index >= 15 is 0 Å². The van der Waals surface area contributed by atoms with Crippen molar-refractivity contribution in [3.8, 4) is 17.0 Å². The molecule has 0 unspecified atom stereocenters. The fourth-order valence-corrected chi connectivity index (χ4v) is 4.59. The monoisotopic (exact) mass is 456 g/mol. The fraction of sp³-hybridized carbons (Fsp3) is 0.100. The van der Waals surface area contributed by atoms with Crippen LogP contribution in [0.25, 0.3) is 22.2 Å². The molecule has 0 saturated carbocycles. The molecule has 2 heterocycles. The van der Waals surface area contributed by atoms with Crippen molar-refractivity contribution in [3.05, 3.63) is 120 Å². The van der Waals surface area contributed by atoms with Crippen LogP contribution in [0.3, 0.4) is 0 Å². The number of hydrogen-bond acceptors (Lipinski definition) is 5. The van der Waals surface area contributed by atoms with Gasteiger partial charge in [-0.3, -0.25) is 0 Å². The summed E-state index contributed by atoms with van der Waals surface area (Å²) in [6.45, 7) is 0. The number of rotatable bonds is 5. The Bertz CT molecular complexity index is 1520. The quantitative estimate of drug-likeness (QED) is 0.297. The van der Waals surface area contributed by atoms with Crippen LogP contribution in [0.1, 0.15) is 23.6 Å². The van der Waals surface area contributed by atoms with Gasteiger partial charge in [0.25, 0.3) is 0 Å². The van der Waals surface area contributed by atoms with Gasteiger partial charge in [-0.05, 0) is 23.8 Å².